The standard InChI is InChI=1S/C13H19BrFNOSi/c1-13(2,3)18(4,5)17-7-6-10-11(14)8-16-9-12(10)15/h6-9H,1-5H3. The van der Waals surface area contributed by atoms with E-state index in [1.54, 1.807) is 19.2 Å². The molecule has 0 aliphatic heterocycles. The van der Waals surface area contributed by atoms with Crippen molar-refractivity contribution in [2.75, 3.05) is 0 Å². The minimum absolute atomic E-state index is 0.130. The molecule has 0 unspecified atom stereocenters. The highest BCUT2D eigenvalue weighted by Crippen LogP contribution is 2.37. The van der Waals surface area contributed by atoms with Crippen molar-refractivity contribution in [3.05, 3.63) is 41.3 Å². The van der Waals surface area contributed by atoms with Crippen LogP contribution in [0.3, 0.4) is 0 Å². The van der Waals surface area contributed by atoms with Crippen LogP contribution in [0.25, 0.3) is 0 Å². The SMILES string of the molecule is CC(C)(C)[Si](C)(C)O[CH][CH]c1c(F)cncc1Br. The van der Waals surface area contributed by atoms with E-state index >= 15 is 0 Å². The molecule has 0 saturated carbocycles. The van der Waals surface area contributed by atoms with E-state index in [2.05, 4.69) is 54.8 Å². The molecule has 2 radical (unpaired) electrons. The molecule has 0 saturated heterocycles. The van der Waals surface area contributed by atoms with Crippen molar-refractivity contribution < 1.29 is 8.82 Å². The summed E-state index contributed by atoms with van der Waals surface area (Å²) in [6.45, 7) is 12.4. The molecule has 100 valence electrons. The van der Waals surface area contributed by atoms with E-state index in [1.165, 1.54) is 6.20 Å². The Kier molecular flexibility index (Phi) is 5.09. The Hall–Kier alpha value is -0.263. The molecule has 0 bridgehead atoms. The fourth-order valence-electron chi connectivity index (χ4n) is 1.03. The molecule has 0 aliphatic carbocycles. The Bertz CT molecular complexity index is 398. The predicted octanol–water partition coefficient (Wildman–Crippen LogP) is 4.72. The van der Waals surface area contributed by atoms with Crippen molar-refractivity contribution >= 4 is 24.2 Å². The first-order chi connectivity index (χ1) is 8.15. The van der Waals surface area contributed by atoms with Gasteiger partial charge in [0, 0.05) is 22.7 Å². The quantitative estimate of drug-likeness (QED) is 0.745. The molecule has 5 heteroatoms. The summed E-state index contributed by atoms with van der Waals surface area (Å²) in [6.07, 6.45) is 4.40. The molecular weight excluding hydrogens is 313 g/mol. The topological polar surface area (TPSA) is 22.1 Å². The van der Waals surface area contributed by atoms with Crippen molar-refractivity contribution in [2.45, 2.75) is 38.9 Å². The van der Waals surface area contributed by atoms with Gasteiger partial charge in [0.15, 0.2) is 8.32 Å². The first-order valence-electron chi connectivity index (χ1n) is 5.78. The molecule has 1 rings (SSSR count). The van der Waals surface area contributed by atoms with Gasteiger partial charge in [0.1, 0.15) is 5.82 Å². The second-order valence-corrected chi connectivity index (χ2v) is 11.3. The van der Waals surface area contributed by atoms with E-state index in [0.29, 0.717) is 10.0 Å². The number of pyridine rings is 1. The van der Waals surface area contributed by atoms with Crippen LogP contribution in [0.5, 0.6) is 0 Å². The van der Waals surface area contributed by atoms with Gasteiger partial charge in [-0.1, -0.05) is 20.8 Å². The van der Waals surface area contributed by atoms with Crippen LogP contribution in [0.2, 0.25) is 18.1 Å². The third-order valence-electron chi connectivity index (χ3n) is 3.29. The maximum atomic E-state index is 13.5. The molecule has 0 amide bonds. The fraction of sp³-hybridized carbons (Fsp3) is 0.462. The third-order valence-corrected chi connectivity index (χ3v) is 8.26. The van der Waals surface area contributed by atoms with Crippen LogP contribution in [-0.4, -0.2) is 13.3 Å². The summed E-state index contributed by atoms with van der Waals surface area (Å²) in [4.78, 5) is 3.75. The van der Waals surface area contributed by atoms with E-state index in [9.17, 15) is 4.39 Å². The lowest BCUT2D eigenvalue weighted by Crippen LogP contribution is -2.40. The van der Waals surface area contributed by atoms with Gasteiger partial charge in [-0.2, -0.15) is 0 Å². The van der Waals surface area contributed by atoms with Crippen molar-refractivity contribution in [1.82, 2.24) is 4.98 Å². The summed E-state index contributed by atoms with van der Waals surface area (Å²) in [6, 6.07) is 0. The maximum Gasteiger partial charge on any atom is 0.192 e. The molecule has 0 spiro atoms. The highest BCUT2D eigenvalue weighted by Gasteiger charge is 2.37. The van der Waals surface area contributed by atoms with E-state index in [-0.39, 0.29) is 10.9 Å². The van der Waals surface area contributed by atoms with Gasteiger partial charge in [-0.25, -0.2) is 4.39 Å². The van der Waals surface area contributed by atoms with Crippen molar-refractivity contribution in [3.63, 3.8) is 0 Å². The van der Waals surface area contributed by atoms with E-state index in [1.807, 2.05) is 0 Å². The maximum absolute atomic E-state index is 13.5. The van der Waals surface area contributed by atoms with Gasteiger partial charge in [-0.05, 0) is 34.1 Å². The molecule has 0 fully saturated rings. The van der Waals surface area contributed by atoms with Gasteiger partial charge >= 0.3 is 0 Å². The Morgan fingerprint density at radius 3 is 2.44 bits per heavy atom. The highest BCUT2D eigenvalue weighted by atomic mass is 79.9. The van der Waals surface area contributed by atoms with Gasteiger partial charge in [-0.3, -0.25) is 4.98 Å². The lowest BCUT2D eigenvalue weighted by Gasteiger charge is -2.35. The van der Waals surface area contributed by atoms with Crippen molar-refractivity contribution in [1.29, 1.82) is 0 Å². The van der Waals surface area contributed by atoms with Gasteiger partial charge in [-0.15, -0.1) is 0 Å². The van der Waals surface area contributed by atoms with Crippen LogP contribution >= 0.6 is 15.9 Å². The lowest BCUT2D eigenvalue weighted by atomic mass is 10.2. The first-order valence-corrected chi connectivity index (χ1v) is 9.48. The molecule has 18 heavy (non-hydrogen) atoms. The normalized spacial score (nSPS) is 12.8. The van der Waals surface area contributed by atoms with Crippen molar-refractivity contribution in [2.24, 2.45) is 0 Å². The fourth-order valence-corrected chi connectivity index (χ4v) is 2.23. The zero-order valence-electron chi connectivity index (χ0n) is 11.4. The Labute approximate surface area is 118 Å². The number of rotatable bonds is 4. The van der Waals surface area contributed by atoms with E-state index in [4.69, 9.17) is 4.43 Å². The molecule has 2 nitrogen and oxygen atoms in total. The van der Waals surface area contributed by atoms with Crippen LogP contribution < -0.4 is 0 Å². The summed E-state index contributed by atoms with van der Waals surface area (Å²) < 4.78 is 20.0. The Morgan fingerprint density at radius 2 is 1.94 bits per heavy atom. The largest absolute Gasteiger partial charge is 0.411 e. The summed E-state index contributed by atoms with van der Waals surface area (Å²) in [5, 5.41) is 0.130. The molecule has 0 atom stereocenters. The van der Waals surface area contributed by atoms with Crippen LogP contribution in [0.1, 0.15) is 26.3 Å². The van der Waals surface area contributed by atoms with Gasteiger partial charge < -0.3 is 4.43 Å². The Balaban J connectivity index is 2.63. The molecule has 1 heterocycles. The van der Waals surface area contributed by atoms with Crippen LogP contribution in [0.15, 0.2) is 16.9 Å². The van der Waals surface area contributed by atoms with E-state index < -0.39 is 8.32 Å². The van der Waals surface area contributed by atoms with Gasteiger partial charge in [0.25, 0.3) is 0 Å². The smallest absolute Gasteiger partial charge is 0.192 e. The summed E-state index contributed by atoms with van der Waals surface area (Å²) >= 11 is 3.27. The average Bonchev–Trinajstić information content (AvgIpc) is 2.20. The zero-order chi connectivity index (χ0) is 14.0. The molecule has 0 N–H and O–H groups in total. The summed E-state index contributed by atoms with van der Waals surface area (Å²) in [5.74, 6) is -0.362. The first kappa shape index (κ1) is 15.8. The molecule has 1 aromatic rings. The van der Waals surface area contributed by atoms with Gasteiger partial charge in [0.05, 0.1) is 12.8 Å². The second kappa shape index (κ2) is 5.80. The Morgan fingerprint density at radius 1 is 1.33 bits per heavy atom. The van der Waals surface area contributed by atoms with Crippen molar-refractivity contribution in [3.8, 4) is 0 Å². The number of hydrogen-bond acceptors (Lipinski definition) is 2. The summed E-state index contributed by atoms with van der Waals surface area (Å²) in [7, 11) is -1.83. The number of hydrogen-bond donors (Lipinski definition) is 0. The monoisotopic (exact) mass is 331 g/mol. The number of nitrogens with zero attached hydrogens (tertiary/aromatic N) is 1. The number of aromatic nitrogens is 1. The minimum atomic E-state index is -1.83. The highest BCUT2D eigenvalue weighted by molar-refractivity contribution is 9.10. The molecule has 0 aliphatic rings. The molecular formula is C13H19BrFNOSi. The third kappa shape index (κ3) is 3.86. The van der Waals surface area contributed by atoms with Gasteiger partial charge in [0.2, 0.25) is 0 Å². The predicted molar refractivity (Wildman–Crippen MR) is 77.9 cm³/mol. The van der Waals surface area contributed by atoms with Crippen LogP contribution in [0.4, 0.5) is 4.39 Å². The zero-order valence-corrected chi connectivity index (χ0v) is 14.0. The minimum Gasteiger partial charge on any atom is -0.411 e. The van der Waals surface area contributed by atoms with Crippen LogP contribution in [0, 0.1) is 18.8 Å². The molecule has 1 aromatic heterocycles. The van der Waals surface area contributed by atoms with Crippen LogP contribution in [-0.2, 0) is 4.43 Å². The lowest BCUT2D eigenvalue weighted by molar-refractivity contribution is 0.382. The second-order valence-electron chi connectivity index (χ2n) is 5.70. The van der Waals surface area contributed by atoms with E-state index in [0.717, 1.165) is 0 Å². The summed E-state index contributed by atoms with van der Waals surface area (Å²) in [5.41, 5.74) is 0.462. The number of halogens is 2. The molecule has 0 aromatic carbocycles. The average molecular weight is 332 g/mol.